The molecule has 1 aromatic heterocycles. The van der Waals surface area contributed by atoms with Crippen LogP contribution in [0.25, 0.3) is 0 Å². The molecule has 0 bridgehead atoms. The summed E-state index contributed by atoms with van der Waals surface area (Å²) in [7, 11) is 1.53. The van der Waals surface area contributed by atoms with Gasteiger partial charge in [-0.2, -0.15) is 0 Å². The fraction of sp³-hybridized carbons (Fsp3) is 0.429. The Morgan fingerprint density at radius 3 is 2.83 bits per heavy atom. The highest BCUT2D eigenvalue weighted by Crippen LogP contribution is 2.07. The van der Waals surface area contributed by atoms with E-state index in [9.17, 15) is 9.59 Å². The second-order valence-corrected chi connectivity index (χ2v) is 2.27. The maximum absolute atomic E-state index is 11.1. The molecule has 12 heavy (non-hydrogen) atoms. The summed E-state index contributed by atoms with van der Waals surface area (Å²) in [6.07, 6.45) is 0.490. The first kappa shape index (κ1) is 8.58. The third-order valence-electron chi connectivity index (χ3n) is 1.46. The molecule has 0 unspecified atom stereocenters. The first-order valence-electron chi connectivity index (χ1n) is 3.57. The number of nitrogens with zero attached hydrogens (tertiary/aromatic N) is 1. The van der Waals surface area contributed by atoms with Crippen LogP contribution in [0.5, 0.6) is 5.88 Å². The van der Waals surface area contributed by atoms with Crippen LogP contribution in [0.2, 0.25) is 0 Å². The number of ether oxygens (including phenoxy) is 1. The number of aldehydes is 1. The summed E-state index contributed by atoms with van der Waals surface area (Å²) in [5.74, 6) is 0.236. The van der Waals surface area contributed by atoms with Crippen molar-refractivity contribution in [2.45, 2.75) is 6.92 Å². The van der Waals surface area contributed by atoms with Crippen molar-refractivity contribution in [2.75, 3.05) is 6.61 Å². The third-order valence-corrected chi connectivity index (χ3v) is 1.46. The van der Waals surface area contributed by atoms with Gasteiger partial charge in [-0.25, -0.2) is 0 Å². The number of hydrogen-bond acceptors (Lipinski definition) is 3. The number of aryl methyl sites for hydroxylation is 1. The molecule has 0 fully saturated rings. The molecular formula is C7H10N2O3. The van der Waals surface area contributed by atoms with E-state index in [2.05, 4.69) is 5.10 Å². The molecule has 1 heterocycles. The summed E-state index contributed by atoms with van der Waals surface area (Å²) in [5.41, 5.74) is -0.326. The predicted octanol–water partition coefficient (Wildman–Crippen LogP) is -0.0754. The second-order valence-electron chi connectivity index (χ2n) is 2.27. The van der Waals surface area contributed by atoms with Gasteiger partial charge in [0.05, 0.1) is 6.61 Å². The third kappa shape index (κ3) is 1.25. The van der Waals surface area contributed by atoms with Crippen LogP contribution in [0.1, 0.15) is 17.3 Å². The summed E-state index contributed by atoms with van der Waals surface area (Å²) >= 11 is 0. The first-order valence-corrected chi connectivity index (χ1v) is 3.57. The molecule has 1 aromatic rings. The Balaban J connectivity index is 3.19. The number of aromatic nitrogens is 2. The average Bonchev–Trinajstić information content (AvgIpc) is 2.29. The molecule has 5 heteroatoms. The van der Waals surface area contributed by atoms with E-state index < -0.39 is 0 Å². The van der Waals surface area contributed by atoms with Crippen LogP contribution in [0.4, 0.5) is 0 Å². The van der Waals surface area contributed by atoms with Crippen molar-refractivity contribution in [3.63, 3.8) is 0 Å². The molecule has 0 aromatic carbocycles. The van der Waals surface area contributed by atoms with Crippen LogP contribution >= 0.6 is 0 Å². The van der Waals surface area contributed by atoms with E-state index in [1.165, 1.54) is 11.7 Å². The Bertz CT molecular complexity index is 337. The molecular weight excluding hydrogens is 160 g/mol. The Kier molecular flexibility index (Phi) is 2.32. The van der Waals surface area contributed by atoms with Crippen molar-refractivity contribution in [1.82, 2.24) is 9.78 Å². The Labute approximate surface area is 68.9 Å². The van der Waals surface area contributed by atoms with E-state index in [1.807, 2.05) is 0 Å². The molecule has 0 aliphatic heterocycles. The van der Waals surface area contributed by atoms with Crippen molar-refractivity contribution in [3.05, 3.63) is 15.9 Å². The van der Waals surface area contributed by atoms with Gasteiger partial charge in [-0.05, 0) is 6.92 Å². The van der Waals surface area contributed by atoms with Crippen LogP contribution in [-0.2, 0) is 7.05 Å². The topological polar surface area (TPSA) is 64.1 Å². The highest BCUT2D eigenvalue weighted by atomic mass is 16.5. The van der Waals surface area contributed by atoms with Crippen molar-refractivity contribution < 1.29 is 9.53 Å². The van der Waals surface area contributed by atoms with E-state index in [0.29, 0.717) is 12.9 Å². The smallest absolute Gasteiger partial charge is 0.280 e. The number of rotatable bonds is 3. The van der Waals surface area contributed by atoms with Gasteiger partial charge in [0.15, 0.2) is 6.29 Å². The first-order chi connectivity index (χ1) is 5.70. The highest BCUT2D eigenvalue weighted by Gasteiger charge is 2.11. The maximum Gasteiger partial charge on any atom is 0.280 e. The number of H-pyrrole nitrogens is 1. The van der Waals surface area contributed by atoms with Gasteiger partial charge in [-0.1, -0.05) is 0 Å². The largest absolute Gasteiger partial charge is 0.478 e. The zero-order valence-corrected chi connectivity index (χ0v) is 6.96. The minimum atomic E-state index is -0.367. The molecule has 1 N–H and O–H groups in total. The molecule has 1 rings (SSSR count). The maximum atomic E-state index is 11.1. The summed E-state index contributed by atoms with van der Waals surface area (Å²) in [6, 6.07) is 0. The zero-order valence-electron chi connectivity index (χ0n) is 6.96. The molecule has 0 aliphatic rings. The monoisotopic (exact) mass is 170 g/mol. The van der Waals surface area contributed by atoms with Crippen molar-refractivity contribution in [2.24, 2.45) is 7.05 Å². The van der Waals surface area contributed by atoms with Gasteiger partial charge >= 0.3 is 0 Å². The molecule has 0 spiro atoms. The van der Waals surface area contributed by atoms with E-state index in [-0.39, 0.29) is 17.0 Å². The SMILES string of the molecule is CCOc1[nH]n(C)c(=O)c1C=O. The number of carbonyl (C=O) groups excluding carboxylic acids is 1. The van der Waals surface area contributed by atoms with E-state index in [4.69, 9.17) is 4.74 Å². The van der Waals surface area contributed by atoms with Gasteiger partial charge in [0.25, 0.3) is 5.56 Å². The van der Waals surface area contributed by atoms with Crippen LogP contribution in [0.3, 0.4) is 0 Å². The second kappa shape index (κ2) is 3.25. The van der Waals surface area contributed by atoms with Gasteiger partial charge in [0.1, 0.15) is 5.56 Å². The van der Waals surface area contributed by atoms with Crippen LogP contribution < -0.4 is 10.3 Å². The van der Waals surface area contributed by atoms with E-state index in [1.54, 1.807) is 6.92 Å². The molecule has 0 saturated heterocycles. The summed E-state index contributed by atoms with van der Waals surface area (Å²) in [6.45, 7) is 2.20. The predicted molar refractivity (Wildman–Crippen MR) is 42.6 cm³/mol. The molecule has 0 radical (unpaired) electrons. The molecule has 66 valence electrons. The lowest BCUT2D eigenvalue weighted by Crippen LogP contribution is -2.14. The van der Waals surface area contributed by atoms with Gasteiger partial charge in [0, 0.05) is 7.05 Å². The molecule has 0 aliphatic carbocycles. The minimum absolute atomic E-state index is 0.0411. The zero-order chi connectivity index (χ0) is 9.14. The molecule has 0 atom stereocenters. The standard InChI is InChI=1S/C7H10N2O3/c1-3-12-6-5(4-10)7(11)9(2)8-6/h4,8H,3H2,1-2H3. The molecule has 5 nitrogen and oxygen atoms in total. The minimum Gasteiger partial charge on any atom is -0.478 e. The lowest BCUT2D eigenvalue weighted by atomic mass is 10.4. The molecule has 0 amide bonds. The number of carbonyl (C=O) groups is 1. The Morgan fingerprint density at radius 2 is 2.33 bits per heavy atom. The number of hydrogen-bond donors (Lipinski definition) is 1. The quantitative estimate of drug-likeness (QED) is 0.645. The lowest BCUT2D eigenvalue weighted by molar-refractivity contribution is 0.111. The van der Waals surface area contributed by atoms with Crippen molar-refractivity contribution in [1.29, 1.82) is 0 Å². The normalized spacial score (nSPS) is 9.83. The fourth-order valence-corrected chi connectivity index (χ4v) is 0.899. The van der Waals surface area contributed by atoms with E-state index >= 15 is 0 Å². The van der Waals surface area contributed by atoms with Crippen LogP contribution in [0, 0.1) is 0 Å². The van der Waals surface area contributed by atoms with Gasteiger partial charge in [-0.15, -0.1) is 0 Å². The van der Waals surface area contributed by atoms with Gasteiger partial charge in [-0.3, -0.25) is 19.4 Å². The fourth-order valence-electron chi connectivity index (χ4n) is 0.899. The van der Waals surface area contributed by atoms with Crippen molar-refractivity contribution in [3.8, 4) is 5.88 Å². The van der Waals surface area contributed by atoms with Gasteiger partial charge in [0.2, 0.25) is 5.88 Å². The number of aromatic amines is 1. The van der Waals surface area contributed by atoms with Crippen molar-refractivity contribution >= 4 is 6.29 Å². The highest BCUT2D eigenvalue weighted by molar-refractivity contribution is 5.77. The number of nitrogens with one attached hydrogen (secondary N) is 1. The summed E-state index contributed by atoms with van der Waals surface area (Å²) in [5, 5.41) is 2.62. The summed E-state index contributed by atoms with van der Waals surface area (Å²) in [4.78, 5) is 21.5. The Morgan fingerprint density at radius 1 is 1.67 bits per heavy atom. The molecule has 0 saturated carbocycles. The van der Waals surface area contributed by atoms with Crippen LogP contribution in [-0.4, -0.2) is 22.7 Å². The lowest BCUT2D eigenvalue weighted by Gasteiger charge is -1.97. The van der Waals surface area contributed by atoms with E-state index in [0.717, 1.165) is 0 Å². The van der Waals surface area contributed by atoms with Gasteiger partial charge < -0.3 is 4.74 Å². The average molecular weight is 170 g/mol. The summed E-state index contributed by atoms with van der Waals surface area (Å²) < 4.78 is 6.22. The van der Waals surface area contributed by atoms with Crippen LogP contribution in [0.15, 0.2) is 4.79 Å². The Hall–Kier alpha value is -1.52.